The molecule has 0 spiro atoms. The fourth-order valence-electron chi connectivity index (χ4n) is 1.55. The van der Waals surface area contributed by atoms with E-state index in [1.807, 2.05) is 0 Å². The molecule has 20 heavy (non-hydrogen) atoms. The second-order valence-corrected chi connectivity index (χ2v) is 4.73. The summed E-state index contributed by atoms with van der Waals surface area (Å²) in [4.78, 5) is 15.5. The Morgan fingerprint density at radius 2 is 2.05 bits per heavy atom. The Morgan fingerprint density at radius 3 is 2.75 bits per heavy atom. The summed E-state index contributed by atoms with van der Waals surface area (Å²) in [5.41, 5.74) is 1.02. The van der Waals surface area contributed by atoms with Gasteiger partial charge in [0.1, 0.15) is 12.4 Å². The van der Waals surface area contributed by atoms with E-state index in [1.54, 1.807) is 30.3 Å². The van der Waals surface area contributed by atoms with Gasteiger partial charge in [0.25, 0.3) is 0 Å². The number of rotatable bonds is 4. The Labute approximate surface area is 126 Å². The lowest BCUT2D eigenvalue weighted by atomic mass is 10.2. The molecule has 2 rings (SSSR count). The Bertz CT molecular complexity index is 632. The fraction of sp³-hybridized carbons (Fsp3) is 0.143. The van der Waals surface area contributed by atoms with Crippen LogP contribution in [-0.4, -0.2) is 18.1 Å². The highest BCUT2D eigenvalue weighted by Gasteiger charge is 2.08. The predicted molar refractivity (Wildman–Crippen MR) is 76.4 cm³/mol. The van der Waals surface area contributed by atoms with Crippen LogP contribution in [0.25, 0.3) is 0 Å². The number of halogens is 2. The molecule has 6 heteroatoms. The van der Waals surface area contributed by atoms with Gasteiger partial charge in [-0.25, -0.2) is 4.79 Å². The summed E-state index contributed by atoms with van der Waals surface area (Å²) in [6.45, 7) is 0.187. The molecule has 0 saturated carbocycles. The lowest BCUT2D eigenvalue weighted by Gasteiger charge is -2.08. The molecule has 0 radical (unpaired) electrons. The Kier molecular flexibility index (Phi) is 4.82. The van der Waals surface area contributed by atoms with Gasteiger partial charge in [-0.05, 0) is 30.3 Å². The van der Waals surface area contributed by atoms with Crippen LogP contribution >= 0.6 is 23.2 Å². The van der Waals surface area contributed by atoms with E-state index in [-0.39, 0.29) is 6.61 Å². The number of carbonyl (C=O) groups excluding carboxylic acids is 1. The maximum absolute atomic E-state index is 11.4. The molecule has 0 aliphatic carbocycles. The number of ether oxygens (including phenoxy) is 2. The van der Waals surface area contributed by atoms with Crippen LogP contribution in [0, 0.1) is 0 Å². The Morgan fingerprint density at radius 1 is 1.25 bits per heavy atom. The number of carbonyl (C=O) groups is 1. The molecule has 0 aliphatic heterocycles. The monoisotopic (exact) mass is 311 g/mol. The lowest BCUT2D eigenvalue weighted by Crippen LogP contribution is -2.05. The second kappa shape index (κ2) is 6.59. The first-order valence-electron chi connectivity index (χ1n) is 5.71. The molecule has 0 fully saturated rings. The van der Waals surface area contributed by atoms with Crippen LogP contribution in [0.4, 0.5) is 0 Å². The van der Waals surface area contributed by atoms with Crippen LogP contribution in [-0.2, 0) is 11.3 Å². The number of nitrogens with zero attached hydrogens (tertiary/aromatic N) is 1. The van der Waals surface area contributed by atoms with Crippen molar-refractivity contribution >= 4 is 29.2 Å². The molecule has 0 atom stereocenters. The van der Waals surface area contributed by atoms with E-state index in [0.717, 1.165) is 0 Å². The summed E-state index contributed by atoms with van der Waals surface area (Å²) in [5, 5.41) is 0.954. The first-order valence-corrected chi connectivity index (χ1v) is 6.47. The van der Waals surface area contributed by atoms with Gasteiger partial charge in [0.05, 0.1) is 23.4 Å². The fourth-order valence-corrected chi connectivity index (χ4v) is 2.01. The van der Waals surface area contributed by atoms with Crippen molar-refractivity contribution in [3.63, 3.8) is 0 Å². The number of hydrogen-bond donors (Lipinski definition) is 0. The van der Waals surface area contributed by atoms with Gasteiger partial charge in [-0.3, -0.25) is 4.98 Å². The van der Waals surface area contributed by atoms with Gasteiger partial charge in [0.2, 0.25) is 0 Å². The third kappa shape index (κ3) is 3.62. The van der Waals surface area contributed by atoms with Crippen molar-refractivity contribution in [2.24, 2.45) is 0 Å². The highest BCUT2D eigenvalue weighted by atomic mass is 35.5. The van der Waals surface area contributed by atoms with Gasteiger partial charge in [0, 0.05) is 11.2 Å². The van der Waals surface area contributed by atoms with Gasteiger partial charge >= 0.3 is 5.97 Å². The molecular weight excluding hydrogens is 301 g/mol. The summed E-state index contributed by atoms with van der Waals surface area (Å²) >= 11 is 11.8. The van der Waals surface area contributed by atoms with Crippen molar-refractivity contribution in [1.29, 1.82) is 0 Å². The normalized spacial score (nSPS) is 10.2. The van der Waals surface area contributed by atoms with Crippen LogP contribution in [0.3, 0.4) is 0 Å². The molecule has 0 N–H and O–H groups in total. The van der Waals surface area contributed by atoms with E-state index >= 15 is 0 Å². The van der Waals surface area contributed by atoms with Crippen LogP contribution < -0.4 is 4.74 Å². The van der Waals surface area contributed by atoms with Crippen LogP contribution in [0.1, 0.15) is 16.1 Å². The average molecular weight is 312 g/mol. The van der Waals surface area contributed by atoms with Crippen molar-refractivity contribution in [2.45, 2.75) is 6.61 Å². The molecule has 0 amide bonds. The number of aromatic nitrogens is 1. The lowest BCUT2D eigenvalue weighted by molar-refractivity contribution is 0.0600. The summed E-state index contributed by atoms with van der Waals surface area (Å²) in [6.07, 6.45) is 1.52. The number of esters is 1. The minimum absolute atomic E-state index is 0.187. The van der Waals surface area contributed by atoms with E-state index < -0.39 is 5.97 Å². The smallest absolute Gasteiger partial charge is 0.337 e. The van der Waals surface area contributed by atoms with Crippen LogP contribution in [0.2, 0.25) is 10.0 Å². The molecule has 104 valence electrons. The van der Waals surface area contributed by atoms with E-state index in [9.17, 15) is 4.79 Å². The summed E-state index contributed by atoms with van der Waals surface area (Å²) in [7, 11) is 1.33. The van der Waals surface area contributed by atoms with Gasteiger partial charge < -0.3 is 9.47 Å². The van der Waals surface area contributed by atoms with Crippen molar-refractivity contribution in [2.75, 3.05) is 7.11 Å². The SMILES string of the molecule is COC(=O)c1ccnc(COc2ccc(Cl)cc2Cl)c1. The van der Waals surface area contributed by atoms with Crippen molar-refractivity contribution < 1.29 is 14.3 Å². The highest BCUT2D eigenvalue weighted by molar-refractivity contribution is 6.35. The number of benzene rings is 1. The predicted octanol–water partition coefficient (Wildman–Crippen LogP) is 3.75. The second-order valence-electron chi connectivity index (χ2n) is 3.89. The number of pyridine rings is 1. The molecule has 1 heterocycles. The quantitative estimate of drug-likeness (QED) is 0.807. The van der Waals surface area contributed by atoms with E-state index in [2.05, 4.69) is 9.72 Å². The van der Waals surface area contributed by atoms with Crippen molar-refractivity contribution in [3.05, 3.63) is 57.8 Å². The topological polar surface area (TPSA) is 48.4 Å². The Hall–Kier alpha value is -1.78. The maximum atomic E-state index is 11.4. The number of methoxy groups -OCH3 is 1. The summed E-state index contributed by atoms with van der Waals surface area (Å²) in [5.74, 6) is 0.0829. The van der Waals surface area contributed by atoms with Gasteiger partial charge in [0.15, 0.2) is 0 Å². The molecule has 0 unspecified atom stereocenters. The zero-order valence-corrected chi connectivity index (χ0v) is 12.1. The highest BCUT2D eigenvalue weighted by Crippen LogP contribution is 2.28. The minimum Gasteiger partial charge on any atom is -0.486 e. The summed E-state index contributed by atoms with van der Waals surface area (Å²) < 4.78 is 10.2. The van der Waals surface area contributed by atoms with E-state index in [4.69, 9.17) is 27.9 Å². The van der Waals surface area contributed by atoms with Crippen LogP contribution in [0.5, 0.6) is 5.75 Å². The molecule has 0 saturated heterocycles. The molecule has 0 bridgehead atoms. The first kappa shape index (κ1) is 14.6. The molecule has 1 aromatic heterocycles. The standard InChI is InChI=1S/C14H11Cl2NO3/c1-19-14(18)9-4-5-17-11(6-9)8-20-13-3-2-10(15)7-12(13)16/h2-7H,8H2,1H3. The zero-order valence-electron chi connectivity index (χ0n) is 10.6. The minimum atomic E-state index is -0.418. The van der Waals surface area contributed by atoms with E-state index in [1.165, 1.54) is 13.3 Å². The van der Waals surface area contributed by atoms with Crippen molar-refractivity contribution in [3.8, 4) is 5.75 Å². The maximum Gasteiger partial charge on any atom is 0.337 e. The first-order chi connectivity index (χ1) is 9.60. The van der Waals surface area contributed by atoms with Gasteiger partial charge in [-0.2, -0.15) is 0 Å². The molecule has 0 aliphatic rings. The van der Waals surface area contributed by atoms with Crippen molar-refractivity contribution in [1.82, 2.24) is 4.98 Å². The molecule has 4 nitrogen and oxygen atoms in total. The number of hydrogen-bond acceptors (Lipinski definition) is 4. The average Bonchev–Trinajstić information content (AvgIpc) is 2.46. The molecule has 2 aromatic rings. The zero-order chi connectivity index (χ0) is 14.5. The molecule has 1 aromatic carbocycles. The largest absolute Gasteiger partial charge is 0.486 e. The third-order valence-electron chi connectivity index (χ3n) is 2.51. The summed E-state index contributed by atoms with van der Waals surface area (Å²) in [6, 6.07) is 8.13. The third-order valence-corrected chi connectivity index (χ3v) is 3.04. The van der Waals surface area contributed by atoms with Gasteiger partial charge in [-0.1, -0.05) is 23.2 Å². The Balaban J connectivity index is 2.09. The molecular formula is C14H11Cl2NO3. The van der Waals surface area contributed by atoms with E-state index in [0.29, 0.717) is 27.1 Å². The van der Waals surface area contributed by atoms with Gasteiger partial charge in [-0.15, -0.1) is 0 Å². The van der Waals surface area contributed by atoms with Crippen LogP contribution in [0.15, 0.2) is 36.5 Å².